The molecule has 0 amide bonds. The zero-order chi connectivity index (χ0) is 10.0. The third kappa shape index (κ3) is 1.48. The Balaban J connectivity index is 2.27. The Hall–Kier alpha value is -1.08. The molecule has 1 heteroatoms. The quantitative estimate of drug-likeness (QED) is 0.722. The van der Waals surface area contributed by atoms with Crippen LogP contribution in [0.3, 0.4) is 0 Å². The fourth-order valence-corrected chi connectivity index (χ4v) is 2.45. The lowest BCUT2D eigenvalue weighted by Gasteiger charge is -2.25. The fourth-order valence-electron chi connectivity index (χ4n) is 2.45. The lowest BCUT2D eigenvalue weighted by molar-refractivity contribution is 0.322. The van der Waals surface area contributed by atoms with Gasteiger partial charge in [0.05, 0.1) is 0 Å². The summed E-state index contributed by atoms with van der Waals surface area (Å²) >= 11 is 0. The number of allylic oxidation sites excluding steroid dienone is 1. The number of fused-ring (bicyclic) bond motifs is 1. The minimum absolute atomic E-state index is 0.255. The maximum absolute atomic E-state index is 5.89. The van der Waals surface area contributed by atoms with Gasteiger partial charge < -0.3 is 5.73 Å². The molecular formula is C13H17N. The summed E-state index contributed by atoms with van der Waals surface area (Å²) in [5.74, 6) is 0. The van der Waals surface area contributed by atoms with E-state index in [0.717, 1.165) is 25.8 Å². The standard InChI is InChI=1S/C13H17N/c1-2-7-13(10-14)8-11-5-3-4-6-12(11)9-13/h2-6H,1,7-10,14H2. The number of benzene rings is 1. The van der Waals surface area contributed by atoms with Crippen LogP contribution in [0.5, 0.6) is 0 Å². The van der Waals surface area contributed by atoms with Gasteiger partial charge in [0.2, 0.25) is 0 Å². The Bertz CT molecular complexity index is 316. The molecule has 1 aliphatic carbocycles. The van der Waals surface area contributed by atoms with E-state index < -0.39 is 0 Å². The average molecular weight is 187 g/mol. The second-order valence-corrected chi connectivity index (χ2v) is 4.32. The van der Waals surface area contributed by atoms with E-state index in [1.807, 2.05) is 6.08 Å². The third-order valence-corrected chi connectivity index (χ3v) is 3.26. The van der Waals surface area contributed by atoms with Crippen LogP contribution < -0.4 is 5.73 Å². The highest BCUT2D eigenvalue weighted by Gasteiger charge is 2.34. The molecule has 2 rings (SSSR count). The van der Waals surface area contributed by atoms with Crippen molar-refractivity contribution in [1.82, 2.24) is 0 Å². The molecule has 0 atom stereocenters. The first kappa shape index (κ1) is 9.47. The smallest absolute Gasteiger partial charge is 0.00112 e. The van der Waals surface area contributed by atoms with Crippen molar-refractivity contribution in [1.29, 1.82) is 0 Å². The van der Waals surface area contributed by atoms with E-state index >= 15 is 0 Å². The molecule has 0 fully saturated rings. The van der Waals surface area contributed by atoms with Gasteiger partial charge in [-0.2, -0.15) is 0 Å². The van der Waals surface area contributed by atoms with E-state index in [9.17, 15) is 0 Å². The van der Waals surface area contributed by atoms with Crippen LogP contribution in [-0.4, -0.2) is 6.54 Å². The SMILES string of the molecule is C=CCC1(CN)Cc2ccccc2C1. The molecule has 0 heterocycles. The van der Waals surface area contributed by atoms with Crippen molar-refractivity contribution in [3.8, 4) is 0 Å². The summed E-state index contributed by atoms with van der Waals surface area (Å²) in [5.41, 5.74) is 9.09. The Kier molecular flexibility index (Phi) is 2.42. The molecule has 0 spiro atoms. The summed E-state index contributed by atoms with van der Waals surface area (Å²) < 4.78 is 0. The van der Waals surface area contributed by atoms with Gasteiger partial charge in [0.15, 0.2) is 0 Å². The van der Waals surface area contributed by atoms with Crippen LogP contribution in [0.25, 0.3) is 0 Å². The molecule has 1 aliphatic rings. The number of hydrogen-bond donors (Lipinski definition) is 1. The summed E-state index contributed by atoms with van der Waals surface area (Å²) in [6.07, 6.45) is 5.26. The van der Waals surface area contributed by atoms with E-state index in [1.54, 1.807) is 0 Å². The van der Waals surface area contributed by atoms with Crippen LogP contribution in [0.4, 0.5) is 0 Å². The molecule has 0 unspecified atom stereocenters. The molecule has 0 saturated carbocycles. The van der Waals surface area contributed by atoms with E-state index in [0.29, 0.717) is 0 Å². The first-order valence-electron chi connectivity index (χ1n) is 5.17. The maximum Gasteiger partial charge on any atom is -0.00112 e. The van der Waals surface area contributed by atoms with Crippen molar-refractivity contribution in [2.45, 2.75) is 19.3 Å². The van der Waals surface area contributed by atoms with Crippen LogP contribution in [0.15, 0.2) is 36.9 Å². The van der Waals surface area contributed by atoms with Crippen LogP contribution in [0.1, 0.15) is 17.5 Å². The van der Waals surface area contributed by atoms with Crippen molar-refractivity contribution in [2.24, 2.45) is 11.1 Å². The van der Waals surface area contributed by atoms with Crippen molar-refractivity contribution in [3.63, 3.8) is 0 Å². The lowest BCUT2D eigenvalue weighted by atomic mass is 9.81. The molecule has 0 aliphatic heterocycles. The van der Waals surface area contributed by atoms with Gasteiger partial charge in [-0.25, -0.2) is 0 Å². The van der Waals surface area contributed by atoms with Crippen LogP contribution >= 0.6 is 0 Å². The van der Waals surface area contributed by atoms with Gasteiger partial charge in [-0.05, 0) is 42.3 Å². The summed E-state index contributed by atoms with van der Waals surface area (Å²) in [5, 5.41) is 0. The highest BCUT2D eigenvalue weighted by molar-refractivity contribution is 5.34. The van der Waals surface area contributed by atoms with Crippen molar-refractivity contribution in [3.05, 3.63) is 48.0 Å². The number of rotatable bonds is 3. The zero-order valence-electron chi connectivity index (χ0n) is 8.50. The van der Waals surface area contributed by atoms with E-state index in [2.05, 4.69) is 30.8 Å². The first-order valence-corrected chi connectivity index (χ1v) is 5.17. The summed E-state index contributed by atoms with van der Waals surface area (Å²) in [6.45, 7) is 4.58. The van der Waals surface area contributed by atoms with Crippen LogP contribution in [-0.2, 0) is 12.8 Å². The van der Waals surface area contributed by atoms with Gasteiger partial charge in [0.25, 0.3) is 0 Å². The molecule has 1 aromatic rings. The molecule has 74 valence electrons. The molecule has 0 bridgehead atoms. The zero-order valence-corrected chi connectivity index (χ0v) is 8.50. The number of hydrogen-bond acceptors (Lipinski definition) is 1. The van der Waals surface area contributed by atoms with Gasteiger partial charge >= 0.3 is 0 Å². The minimum atomic E-state index is 0.255. The van der Waals surface area contributed by atoms with Crippen molar-refractivity contribution >= 4 is 0 Å². The second kappa shape index (κ2) is 3.58. The predicted octanol–water partition coefficient (Wildman–Crippen LogP) is 2.31. The molecule has 1 aromatic carbocycles. The first-order chi connectivity index (χ1) is 6.79. The van der Waals surface area contributed by atoms with Gasteiger partial charge in [-0.3, -0.25) is 0 Å². The average Bonchev–Trinajstić information content (AvgIpc) is 2.57. The Labute approximate surface area is 85.6 Å². The summed E-state index contributed by atoms with van der Waals surface area (Å²) in [4.78, 5) is 0. The largest absolute Gasteiger partial charge is 0.330 e. The van der Waals surface area contributed by atoms with E-state index in [1.165, 1.54) is 11.1 Å². The predicted molar refractivity (Wildman–Crippen MR) is 60.2 cm³/mol. The van der Waals surface area contributed by atoms with Gasteiger partial charge in [-0.1, -0.05) is 30.3 Å². The molecule has 14 heavy (non-hydrogen) atoms. The van der Waals surface area contributed by atoms with Crippen molar-refractivity contribution < 1.29 is 0 Å². The molecule has 0 radical (unpaired) electrons. The van der Waals surface area contributed by atoms with Crippen molar-refractivity contribution in [2.75, 3.05) is 6.54 Å². The highest BCUT2D eigenvalue weighted by atomic mass is 14.6. The highest BCUT2D eigenvalue weighted by Crippen LogP contribution is 2.38. The molecule has 1 nitrogen and oxygen atoms in total. The third-order valence-electron chi connectivity index (χ3n) is 3.26. The minimum Gasteiger partial charge on any atom is -0.330 e. The van der Waals surface area contributed by atoms with E-state index in [4.69, 9.17) is 5.73 Å². The lowest BCUT2D eigenvalue weighted by Crippen LogP contribution is -2.30. The molecule has 0 aromatic heterocycles. The molecular weight excluding hydrogens is 170 g/mol. The second-order valence-electron chi connectivity index (χ2n) is 4.32. The number of nitrogens with two attached hydrogens (primary N) is 1. The Morgan fingerprint density at radius 1 is 1.29 bits per heavy atom. The summed E-state index contributed by atoms with van der Waals surface area (Å²) in [6, 6.07) is 8.66. The fraction of sp³-hybridized carbons (Fsp3) is 0.385. The normalized spacial score (nSPS) is 17.8. The van der Waals surface area contributed by atoms with Crippen LogP contribution in [0, 0.1) is 5.41 Å². The van der Waals surface area contributed by atoms with Gasteiger partial charge in [0.1, 0.15) is 0 Å². The van der Waals surface area contributed by atoms with Gasteiger partial charge in [-0.15, -0.1) is 6.58 Å². The van der Waals surface area contributed by atoms with E-state index in [-0.39, 0.29) is 5.41 Å². The maximum atomic E-state index is 5.89. The summed E-state index contributed by atoms with van der Waals surface area (Å²) in [7, 11) is 0. The topological polar surface area (TPSA) is 26.0 Å². The monoisotopic (exact) mass is 187 g/mol. The molecule has 0 saturated heterocycles. The Morgan fingerprint density at radius 2 is 1.86 bits per heavy atom. The Morgan fingerprint density at radius 3 is 2.29 bits per heavy atom. The molecule has 2 N–H and O–H groups in total. The van der Waals surface area contributed by atoms with Crippen LogP contribution in [0.2, 0.25) is 0 Å². The van der Waals surface area contributed by atoms with Gasteiger partial charge in [0, 0.05) is 0 Å².